The van der Waals surface area contributed by atoms with Crippen molar-refractivity contribution in [2.24, 2.45) is 0 Å². The van der Waals surface area contributed by atoms with Crippen molar-refractivity contribution < 1.29 is 8.42 Å². The molecule has 1 rings (SSSR count). The van der Waals surface area contributed by atoms with Gasteiger partial charge in [-0.2, -0.15) is 0 Å². The molecule has 0 saturated heterocycles. The monoisotopic (exact) mass is 216 g/mol. The van der Waals surface area contributed by atoms with Crippen LogP contribution in [0, 0.1) is 0 Å². The summed E-state index contributed by atoms with van der Waals surface area (Å²) in [7, 11) is -3.24. The first-order chi connectivity index (χ1) is 6.06. The Morgan fingerprint density at radius 3 is 2.69 bits per heavy atom. The van der Waals surface area contributed by atoms with Crippen LogP contribution in [0.25, 0.3) is 0 Å². The van der Waals surface area contributed by atoms with Gasteiger partial charge in [-0.15, -0.1) is 6.58 Å². The van der Waals surface area contributed by atoms with Crippen molar-refractivity contribution in [3.8, 4) is 0 Å². The van der Waals surface area contributed by atoms with E-state index in [9.17, 15) is 8.42 Å². The second kappa shape index (κ2) is 3.94. The Hall–Kier alpha value is -0.800. The summed E-state index contributed by atoms with van der Waals surface area (Å²) >= 11 is 5.66. The van der Waals surface area contributed by atoms with Gasteiger partial charge in [-0.1, -0.05) is 23.7 Å². The van der Waals surface area contributed by atoms with E-state index in [2.05, 4.69) is 6.58 Å². The summed E-state index contributed by atoms with van der Waals surface area (Å²) in [5, 5.41) is 0.421. The first-order valence-electron chi connectivity index (χ1n) is 3.65. The molecule has 1 aromatic carbocycles. The van der Waals surface area contributed by atoms with Gasteiger partial charge in [0.15, 0.2) is 9.84 Å². The lowest BCUT2D eigenvalue weighted by molar-refractivity contribution is 0.599. The van der Waals surface area contributed by atoms with Crippen LogP contribution in [0.3, 0.4) is 0 Å². The molecule has 70 valence electrons. The van der Waals surface area contributed by atoms with Crippen LogP contribution in [-0.2, 0) is 9.84 Å². The predicted octanol–water partition coefficient (Wildman–Crippen LogP) is 2.30. The summed E-state index contributed by atoms with van der Waals surface area (Å²) < 4.78 is 22.9. The Bertz CT molecular complexity index is 409. The number of rotatable bonds is 3. The second-order valence-electron chi connectivity index (χ2n) is 2.53. The highest BCUT2D eigenvalue weighted by molar-refractivity contribution is 7.91. The van der Waals surface area contributed by atoms with Crippen LogP contribution in [0.1, 0.15) is 0 Å². The number of hydrogen-bond acceptors (Lipinski definition) is 2. The van der Waals surface area contributed by atoms with Crippen LogP contribution in [0.4, 0.5) is 0 Å². The molecular weight excluding hydrogens is 208 g/mol. The summed E-state index contributed by atoms with van der Waals surface area (Å²) in [5.74, 6) is -0.0622. The smallest absolute Gasteiger partial charge is 0.181 e. The topological polar surface area (TPSA) is 34.1 Å². The lowest BCUT2D eigenvalue weighted by Gasteiger charge is -2.00. The van der Waals surface area contributed by atoms with Crippen LogP contribution in [0.2, 0.25) is 5.02 Å². The zero-order valence-electron chi connectivity index (χ0n) is 6.90. The van der Waals surface area contributed by atoms with Gasteiger partial charge < -0.3 is 0 Å². The Labute approximate surface area is 82.8 Å². The molecule has 0 amide bonds. The fourth-order valence-electron chi connectivity index (χ4n) is 0.912. The van der Waals surface area contributed by atoms with Gasteiger partial charge >= 0.3 is 0 Å². The highest BCUT2D eigenvalue weighted by Crippen LogP contribution is 2.16. The van der Waals surface area contributed by atoms with Crippen molar-refractivity contribution >= 4 is 21.4 Å². The minimum atomic E-state index is -3.24. The zero-order valence-corrected chi connectivity index (χ0v) is 8.48. The van der Waals surface area contributed by atoms with E-state index in [1.807, 2.05) is 0 Å². The van der Waals surface area contributed by atoms with E-state index in [1.165, 1.54) is 18.2 Å². The van der Waals surface area contributed by atoms with Gasteiger partial charge in [0.2, 0.25) is 0 Å². The van der Waals surface area contributed by atoms with Crippen LogP contribution >= 0.6 is 11.6 Å². The van der Waals surface area contributed by atoms with Gasteiger partial charge in [0, 0.05) is 5.02 Å². The maximum atomic E-state index is 11.5. The molecule has 13 heavy (non-hydrogen) atoms. The summed E-state index contributed by atoms with van der Waals surface area (Å²) in [6, 6.07) is 6.19. The van der Waals surface area contributed by atoms with Gasteiger partial charge in [0.1, 0.15) is 0 Å². The molecule has 0 N–H and O–H groups in total. The first-order valence-corrected chi connectivity index (χ1v) is 5.68. The van der Waals surface area contributed by atoms with Crippen molar-refractivity contribution in [3.05, 3.63) is 41.9 Å². The SMILES string of the molecule is C=CCS(=O)(=O)c1cccc(Cl)c1. The van der Waals surface area contributed by atoms with Gasteiger partial charge in [-0.25, -0.2) is 8.42 Å². The van der Waals surface area contributed by atoms with Crippen LogP contribution < -0.4 is 0 Å². The van der Waals surface area contributed by atoms with E-state index < -0.39 is 9.84 Å². The van der Waals surface area contributed by atoms with Crippen molar-refractivity contribution in [3.63, 3.8) is 0 Å². The third kappa shape index (κ3) is 2.57. The second-order valence-corrected chi connectivity index (χ2v) is 5.00. The average Bonchev–Trinajstić information content (AvgIpc) is 2.04. The molecule has 2 nitrogen and oxygen atoms in total. The molecule has 0 aromatic heterocycles. The summed E-state index contributed by atoms with van der Waals surface area (Å²) in [6.45, 7) is 3.38. The van der Waals surface area contributed by atoms with E-state index in [4.69, 9.17) is 11.6 Å². The normalized spacial score (nSPS) is 11.2. The van der Waals surface area contributed by atoms with Crippen molar-refractivity contribution in [1.82, 2.24) is 0 Å². The summed E-state index contributed by atoms with van der Waals surface area (Å²) in [5.41, 5.74) is 0. The third-order valence-corrected chi connectivity index (χ3v) is 3.37. The Kier molecular flexibility index (Phi) is 3.12. The van der Waals surface area contributed by atoms with E-state index in [1.54, 1.807) is 12.1 Å². The molecule has 1 aromatic rings. The molecular formula is C9H9ClO2S. The minimum Gasteiger partial charge on any atom is -0.223 e. The van der Waals surface area contributed by atoms with Gasteiger partial charge in [0.25, 0.3) is 0 Å². The molecule has 0 spiro atoms. The maximum absolute atomic E-state index is 11.5. The van der Waals surface area contributed by atoms with Crippen molar-refractivity contribution in [2.75, 3.05) is 5.75 Å². The van der Waals surface area contributed by atoms with Gasteiger partial charge in [0.05, 0.1) is 10.6 Å². The number of hydrogen-bond donors (Lipinski definition) is 0. The fraction of sp³-hybridized carbons (Fsp3) is 0.111. The lowest BCUT2D eigenvalue weighted by atomic mass is 10.4. The molecule has 0 atom stereocenters. The highest BCUT2D eigenvalue weighted by atomic mass is 35.5. The highest BCUT2D eigenvalue weighted by Gasteiger charge is 2.11. The number of benzene rings is 1. The molecule has 0 bridgehead atoms. The van der Waals surface area contributed by atoms with E-state index in [-0.39, 0.29) is 10.6 Å². The summed E-state index contributed by atoms with van der Waals surface area (Å²) in [6.07, 6.45) is 1.36. The Morgan fingerprint density at radius 2 is 2.15 bits per heavy atom. The maximum Gasteiger partial charge on any atom is 0.181 e. The van der Waals surface area contributed by atoms with E-state index in [0.717, 1.165) is 0 Å². The van der Waals surface area contributed by atoms with Crippen molar-refractivity contribution in [2.45, 2.75) is 4.90 Å². The Balaban J connectivity index is 3.15. The van der Waals surface area contributed by atoms with Crippen LogP contribution in [0.15, 0.2) is 41.8 Å². The molecule has 0 saturated carbocycles. The van der Waals surface area contributed by atoms with E-state index >= 15 is 0 Å². The van der Waals surface area contributed by atoms with E-state index in [0.29, 0.717) is 5.02 Å². The number of halogens is 1. The largest absolute Gasteiger partial charge is 0.223 e. The predicted molar refractivity (Wildman–Crippen MR) is 53.7 cm³/mol. The standard InChI is InChI=1S/C9H9ClO2S/c1-2-6-13(11,12)9-5-3-4-8(10)7-9/h2-5,7H,1,6H2. The first kappa shape index (κ1) is 10.3. The third-order valence-electron chi connectivity index (χ3n) is 1.49. The zero-order chi connectivity index (χ0) is 9.90. The molecule has 0 aliphatic rings. The minimum absolute atomic E-state index is 0.0622. The molecule has 0 radical (unpaired) electrons. The van der Waals surface area contributed by atoms with Crippen LogP contribution in [0.5, 0.6) is 0 Å². The summed E-state index contributed by atoms with van der Waals surface area (Å²) in [4.78, 5) is 0.236. The molecule has 4 heteroatoms. The molecule has 0 aliphatic heterocycles. The van der Waals surface area contributed by atoms with Crippen molar-refractivity contribution in [1.29, 1.82) is 0 Å². The molecule has 0 unspecified atom stereocenters. The van der Waals surface area contributed by atoms with Crippen LogP contribution in [-0.4, -0.2) is 14.2 Å². The fourth-order valence-corrected chi connectivity index (χ4v) is 2.26. The average molecular weight is 217 g/mol. The molecule has 0 aliphatic carbocycles. The van der Waals surface area contributed by atoms with Gasteiger partial charge in [-0.3, -0.25) is 0 Å². The number of sulfone groups is 1. The quantitative estimate of drug-likeness (QED) is 0.727. The lowest BCUT2D eigenvalue weighted by Crippen LogP contribution is -2.03. The molecule has 0 heterocycles. The Morgan fingerprint density at radius 1 is 1.46 bits per heavy atom. The molecule has 0 fully saturated rings. The van der Waals surface area contributed by atoms with Gasteiger partial charge in [-0.05, 0) is 18.2 Å².